The number of ether oxygens (including phenoxy) is 3. The largest absolute Gasteiger partial charge is 0.458 e. The molecular weight excluding hydrogens is 216 g/mol. The monoisotopic (exact) mass is 232 g/mol. The first-order chi connectivity index (χ1) is 7.40. The molecule has 4 unspecified atom stereocenters. The summed E-state index contributed by atoms with van der Waals surface area (Å²) in [6, 6.07) is 0. The Hall–Kier alpha value is -1.14. The molecule has 1 saturated heterocycles. The van der Waals surface area contributed by atoms with Crippen molar-refractivity contribution in [3.8, 4) is 0 Å². The predicted molar refractivity (Wildman–Crippen MR) is 52.3 cm³/mol. The quantitative estimate of drug-likeness (QED) is 0.674. The minimum atomic E-state index is -1.01. The van der Waals surface area contributed by atoms with Crippen LogP contribution in [-0.4, -0.2) is 41.6 Å². The van der Waals surface area contributed by atoms with Crippen molar-refractivity contribution in [3.63, 3.8) is 0 Å². The minimum absolute atomic E-state index is 0.0991. The number of hydrogen-bond donors (Lipinski definition) is 1. The van der Waals surface area contributed by atoms with E-state index in [2.05, 4.69) is 0 Å². The number of carbonyl (C=O) groups is 2. The van der Waals surface area contributed by atoms with Gasteiger partial charge in [0.05, 0.1) is 6.10 Å². The highest BCUT2D eigenvalue weighted by atomic mass is 16.7. The maximum Gasteiger partial charge on any atom is 0.303 e. The molecule has 0 radical (unpaired) electrons. The van der Waals surface area contributed by atoms with Gasteiger partial charge in [-0.25, -0.2) is 0 Å². The normalized spacial score (nSPS) is 34.2. The van der Waals surface area contributed by atoms with E-state index in [9.17, 15) is 14.7 Å². The van der Waals surface area contributed by atoms with Gasteiger partial charge < -0.3 is 19.3 Å². The molecule has 6 nitrogen and oxygen atoms in total. The Morgan fingerprint density at radius 2 is 1.81 bits per heavy atom. The lowest BCUT2D eigenvalue weighted by molar-refractivity contribution is -0.241. The van der Waals surface area contributed by atoms with E-state index in [-0.39, 0.29) is 6.42 Å². The Morgan fingerprint density at radius 1 is 1.25 bits per heavy atom. The molecule has 0 saturated carbocycles. The second-order valence-electron chi connectivity index (χ2n) is 3.75. The van der Waals surface area contributed by atoms with Crippen LogP contribution in [-0.2, 0) is 23.8 Å². The number of rotatable bonds is 2. The number of esters is 2. The van der Waals surface area contributed by atoms with Crippen LogP contribution in [0.4, 0.5) is 0 Å². The van der Waals surface area contributed by atoms with Crippen LogP contribution in [0.1, 0.15) is 27.2 Å². The van der Waals surface area contributed by atoms with Crippen molar-refractivity contribution < 1.29 is 28.9 Å². The SMILES string of the molecule is CC(=O)OC1CC(O)OC(C)C1OC(C)=O. The summed E-state index contributed by atoms with van der Waals surface area (Å²) in [5.41, 5.74) is 0. The standard InChI is InChI=1S/C10H16O6/c1-5-10(16-7(3)12)8(15-6(2)11)4-9(13)14-5/h5,8-10,13H,4H2,1-3H3. The lowest BCUT2D eigenvalue weighted by Crippen LogP contribution is -2.50. The van der Waals surface area contributed by atoms with Gasteiger partial charge in [0.1, 0.15) is 6.10 Å². The molecule has 0 aromatic carbocycles. The summed E-state index contributed by atoms with van der Waals surface area (Å²) >= 11 is 0. The molecule has 16 heavy (non-hydrogen) atoms. The van der Waals surface area contributed by atoms with Gasteiger partial charge in [-0.1, -0.05) is 0 Å². The molecule has 1 aliphatic heterocycles. The molecule has 1 heterocycles. The van der Waals surface area contributed by atoms with E-state index in [0.29, 0.717) is 0 Å². The minimum Gasteiger partial charge on any atom is -0.458 e. The highest BCUT2D eigenvalue weighted by molar-refractivity contribution is 5.67. The van der Waals surface area contributed by atoms with Crippen molar-refractivity contribution in [1.29, 1.82) is 0 Å². The van der Waals surface area contributed by atoms with Gasteiger partial charge in [0, 0.05) is 20.3 Å². The molecule has 1 aliphatic rings. The summed E-state index contributed by atoms with van der Waals surface area (Å²) in [5, 5.41) is 9.36. The van der Waals surface area contributed by atoms with E-state index >= 15 is 0 Å². The highest BCUT2D eigenvalue weighted by Crippen LogP contribution is 2.24. The fourth-order valence-electron chi connectivity index (χ4n) is 1.71. The van der Waals surface area contributed by atoms with Gasteiger partial charge in [-0.3, -0.25) is 9.59 Å². The van der Waals surface area contributed by atoms with Crippen LogP contribution in [0, 0.1) is 0 Å². The third kappa shape index (κ3) is 3.46. The van der Waals surface area contributed by atoms with Crippen LogP contribution in [0.15, 0.2) is 0 Å². The molecule has 6 heteroatoms. The van der Waals surface area contributed by atoms with Crippen molar-refractivity contribution in [3.05, 3.63) is 0 Å². The van der Waals surface area contributed by atoms with Crippen molar-refractivity contribution in [1.82, 2.24) is 0 Å². The first kappa shape index (κ1) is 12.9. The smallest absolute Gasteiger partial charge is 0.303 e. The summed E-state index contributed by atoms with van der Waals surface area (Å²) in [6.45, 7) is 4.17. The van der Waals surface area contributed by atoms with E-state index < -0.39 is 36.5 Å². The number of aliphatic hydroxyl groups is 1. The fraction of sp³-hybridized carbons (Fsp3) is 0.800. The third-order valence-corrected chi connectivity index (χ3v) is 2.25. The molecule has 1 fully saturated rings. The lowest BCUT2D eigenvalue weighted by atomic mass is 10.0. The molecular formula is C10H16O6. The molecule has 92 valence electrons. The zero-order valence-corrected chi connectivity index (χ0v) is 9.50. The number of aliphatic hydroxyl groups excluding tert-OH is 1. The molecule has 0 amide bonds. The van der Waals surface area contributed by atoms with Gasteiger partial charge in [0.15, 0.2) is 12.4 Å². The second-order valence-corrected chi connectivity index (χ2v) is 3.75. The number of carbonyl (C=O) groups excluding carboxylic acids is 2. The Bertz CT molecular complexity index is 276. The molecule has 4 atom stereocenters. The Labute approximate surface area is 93.5 Å². The van der Waals surface area contributed by atoms with E-state index in [1.54, 1.807) is 6.92 Å². The summed E-state index contributed by atoms with van der Waals surface area (Å²) in [5.74, 6) is -0.961. The van der Waals surface area contributed by atoms with Crippen LogP contribution >= 0.6 is 0 Å². The molecule has 0 aromatic rings. The van der Waals surface area contributed by atoms with Gasteiger partial charge in [-0.05, 0) is 6.92 Å². The average molecular weight is 232 g/mol. The highest BCUT2D eigenvalue weighted by Gasteiger charge is 2.40. The lowest BCUT2D eigenvalue weighted by Gasteiger charge is -2.37. The van der Waals surface area contributed by atoms with E-state index in [1.165, 1.54) is 13.8 Å². The van der Waals surface area contributed by atoms with Crippen molar-refractivity contribution in [2.45, 2.75) is 51.8 Å². The van der Waals surface area contributed by atoms with Gasteiger partial charge in [0.25, 0.3) is 0 Å². The summed E-state index contributed by atoms with van der Waals surface area (Å²) in [4.78, 5) is 21.8. The summed E-state index contributed by atoms with van der Waals surface area (Å²) in [7, 11) is 0. The first-order valence-corrected chi connectivity index (χ1v) is 5.08. The topological polar surface area (TPSA) is 82.1 Å². The molecule has 0 aliphatic carbocycles. The van der Waals surface area contributed by atoms with Crippen LogP contribution in [0.2, 0.25) is 0 Å². The average Bonchev–Trinajstić information content (AvgIpc) is 2.09. The Morgan fingerprint density at radius 3 is 2.31 bits per heavy atom. The number of hydrogen-bond acceptors (Lipinski definition) is 6. The molecule has 1 N–H and O–H groups in total. The molecule has 0 bridgehead atoms. The van der Waals surface area contributed by atoms with Crippen LogP contribution in [0.5, 0.6) is 0 Å². The maximum absolute atomic E-state index is 10.9. The molecule has 1 rings (SSSR count). The van der Waals surface area contributed by atoms with Gasteiger partial charge in [-0.15, -0.1) is 0 Å². The third-order valence-electron chi connectivity index (χ3n) is 2.25. The fourth-order valence-corrected chi connectivity index (χ4v) is 1.71. The van der Waals surface area contributed by atoms with E-state index in [1.807, 2.05) is 0 Å². The Kier molecular flexibility index (Phi) is 4.26. The summed E-state index contributed by atoms with van der Waals surface area (Å²) in [6.07, 6.45) is -2.77. The second kappa shape index (κ2) is 5.27. The van der Waals surface area contributed by atoms with E-state index in [0.717, 1.165) is 0 Å². The zero-order valence-electron chi connectivity index (χ0n) is 9.50. The van der Waals surface area contributed by atoms with Gasteiger partial charge in [-0.2, -0.15) is 0 Å². The zero-order chi connectivity index (χ0) is 12.3. The van der Waals surface area contributed by atoms with Crippen LogP contribution in [0.25, 0.3) is 0 Å². The molecule has 0 spiro atoms. The van der Waals surface area contributed by atoms with Crippen molar-refractivity contribution in [2.24, 2.45) is 0 Å². The van der Waals surface area contributed by atoms with Gasteiger partial charge >= 0.3 is 11.9 Å². The molecule has 0 aromatic heterocycles. The van der Waals surface area contributed by atoms with Gasteiger partial charge in [0.2, 0.25) is 0 Å². The van der Waals surface area contributed by atoms with E-state index in [4.69, 9.17) is 14.2 Å². The van der Waals surface area contributed by atoms with Crippen molar-refractivity contribution in [2.75, 3.05) is 0 Å². The first-order valence-electron chi connectivity index (χ1n) is 5.08. The Balaban J connectivity index is 2.71. The van der Waals surface area contributed by atoms with Crippen molar-refractivity contribution >= 4 is 11.9 Å². The maximum atomic E-state index is 10.9. The van der Waals surface area contributed by atoms with Crippen LogP contribution < -0.4 is 0 Å². The van der Waals surface area contributed by atoms with Crippen LogP contribution in [0.3, 0.4) is 0 Å². The summed E-state index contributed by atoms with van der Waals surface area (Å²) < 4.78 is 15.1. The predicted octanol–water partition coefficient (Wildman–Crippen LogP) is -0.0230.